The number of rotatable bonds is 5. The molecule has 0 aliphatic carbocycles. The molecule has 0 atom stereocenters. The summed E-state index contributed by atoms with van der Waals surface area (Å²) >= 11 is 0. The van der Waals surface area contributed by atoms with Crippen LogP contribution in [0.3, 0.4) is 0 Å². The second-order valence-corrected chi connectivity index (χ2v) is 9.09. The molecule has 0 unspecified atom stereocenters. The first-order valence-corrected chi connectivity index (χ1v) is 12.7. The Labute approximate surface area is 225 Å². The molecular formula is C33H22N6. The van der Waals surface area contributed by atoms with Crippen LogP contribution in [0.1, 0.15) is 0 Å². The van der Waals surface area contributed by atoms with Crippen LogP contribution >= 0.6 is 0 Å². The van der Waals surface area contributed by atoms with Crippen molar-refractivity contribution in [3.05, 3.63) is 134 Å². The van der Waals surface area contributed by atoms with Gasteiger partial charge in [-0.25, -0.2) is 9.97 Å². The van der Waals surface area contributed by atoms with Gasteiger partial charge in [0.25, 0.3) is 0 Å². The number of imidazole rings is 1. The van der Waals surface area contributed by atoms with Crippen molar-refractivity contribution in [1.29, 1.82) is 0 Å². The molecule has 184 valence electrons. The van der Waals surface area contributed by atoms with E-state index in [1.54, 1.807) is 18.6 Å². The van der Waals surface area contributed by atoms with Crippen molar-refractivity contribution in [1.82, 2.24) is 29.3 Å². The highest BCUT2D eigenvalue weighted by molar-refractivity contribution is 5.84. The van der Waals surface area contributed by atoms with Crippen molar-refractivity contribution in [3.63, 3.8) is 0 Å². The number of aromatic nitrogens is 6. The van der Waals surface area contributed by atoms with Crippen molar-refractivity contribution >= 4 is 5.65 Å². The Bertz CT molecular complexity index is 1840. The molecule has 1 aromatic carbocycles. The Hall–Kier alpha value is -5.49. The van der Waals surface area contributed by atoms with Crippen LogP contribution in [0.15, 0.2) is 134 Å². The second kappa shape index (κ2) is 9.76. The lowest BCUT2D eigenvalue weighted by Crippen LogP contribution is -1.94. The first-order valence-electron chi connectivity index (χ1n) is 12.7. The number of hydrogen-bond donors (Lipinski definition) is 0. The Kier molecular flexibility index (Phi) is 5.68. The van der Waals surface area contributed by atoms with E-state index in [0.717, 1.165) is 62.2 Å². The molecule has 0 amide bonds. The number of nitrogens with zero attached hydrogens (tertiary/aromatic N) is 6. The first kappa shape index (κ1) is 22.7. The van der Waals surface area contributed by atoms with Crippen LogP contribution in [0.5, 0.6) is 0 Å². The summed E-state index contributed by atoms with van der Waals surface area (Å²) in [7, 11) is 0. The number of pyridine rings is 5. The van der Waals surface area contributed by atoms with Crippen molar-refractivity contribution in [3.8, 4) is 56.5 Å². The summed E-state index contributed by atoms with van der Waals surface area (Å²) in [5, 5.41) is 0. The minimum Gasteiger partial charge on any atom is -0.299 e. The molecule has 7 aromatic rings. The van der Waals surface area contributed by atoms with Gasteiger partial charge in [-0.15, -0.1) is 0 Å². The van der Waals surface area contributed by atoms with E-state index < -0.39 is 0 Å². The lowest BCUT2D eigenvalue weighted by molar-refractivity contribution is 1.19. The molecule has 0 aliphatic rings. The zero-order valence-electron chi connectivity index (χ0n) is 20.9. The highest BCUT2D eigenvalue weighted by Gasteiger charge is 2.18. The number of hydrogen-bond acceptors (Lipinski definition) is 5. The fraction of sp³-hybridized carbons (Fsp3) is 0. The largest absolute Gasteiger partial charge is 0.299 e. The van der Waals surface area contributed by atoms with E-state index in [-0.39, 0.29) is 0 Å². The molecule has 0 fully saturated rings. The van der Waals surface area contributed by atoms with Gasteiger partial charge in [0.15, 0.2) is 0 Å². The fourth-order valence-electron chi connectivity index (χ4n) is 4.79. The highest BCUT2D eigenvalue weighted by Crippen LogP contribution is 2.35. The smallest absolute Gasteiger partial charge is 0.138 e. The normalized spacial score (nSPS) is 11.1. The van der Waals surface area contributed by atoms with Crippen LogP contribution in [0.4, 0.5) is 0 Å². The van der Waals surface area contributed by atoms with Gasteiger partial charge in [0.2, 0.25) is 0 Å². The molecule has 0 N–H and O–H groups in total. The average molecular weight is 503 g/mol. The van der Waals surface area contributed by atoms with Gasteiger partial charge in [0.1, 0.15) is 11.3 Å². The van der Waals surface area contributed by atoms with E-state index in [1.165, 1.54) is 0 Å². The Morgan fingerprint density at radius 1 is 0.436 bits per heavy atom. The molecular weight excluding hydrogens is 480 g/mol. The van der Waals surface area contributed by atoms with Crippen LogP contribution in [0.2, 0.25) is 0 Å². The van der Waals surface area contributed by atoms with Gasteiger partial charge in [-0.1, -0.05) is 42.5 Å². The van der Waals surface area contributed by atoms with Gasteiger partial charge in [-0.3, -0.25) is 19.4 Å². The van der Waals surface area contributed by atoms with Gasteiger partial charge < -0.3 is 0 Å². The van der Waals surface area contributed by atoms with Crippen molar-refractivity contribution in [2.45, 2.75) is 0 Å². The monoisotopic (exact) mass is 502 g/mol. The third kappa shape index (κ3) is 4.34. The lowest BCUT2D eigenvalue weighted by Gasteiger charge is -2.11. The van der Waals surface area contributed by atoms with Crippen LogP contribution < -0.4 is 0 Å². The maximum Gasteiger partial charge on any atom is 0.138 e. The van der Waals surface area contributed by atoms with E-state index in [1.807, 2.05) is 79.0 Å². The quantitative estimate of drug-likeness (QED) is 0.248. The molecule has 39 heavy (non-hydrogen) atoms. The third-order valence-electron chi connectivity index (χ3n) is 6.59. The summed E-state index contributed by atoms with van der Waals surface area (Å²) in [6.07, 6.45) is 7.42. The Morgan fingerprint density at radius 3 is 1.69 bits per heavy atom. The van der Waals surface area contributed by atoms with Gasteiger partial charge in [-0.2, -0.15) is 0 Å². The van der Waals surface area contributed by atoms with Crippen LogP contribution in [-0.2, 0) is 0 Å². The molecule has 6 heteroatoms. The molecule has 0 saturated heterocycles. The SMILES string of the molecule is c1ccc(-c2cc(-c3cccc(-c4c(-c5ccccn5)nc5ccccn45)c3)cc(-c3ccccn3)n2)nc1. The zero-order chi connectivity index (χ0) is 26.0. The van der Waals surface area contributed by atoms with E-state index in [9.17, 15) is 0 Å². The van der Waals surface area contributed by atoms with E-state index in [4.69, 9.17) is 9.97 Å². The zero-order valence-corrected chi connectivity index (χ0v) is 20.9. The molecule has 0 bridgehead atoms. The van der Waals surface area contributed by atoms with E-state index in [2.05, 4.69) is 55.8 Å². The summed E-state index contributed by atoms with van der Waals surface area (Å²) < 4.78 is 2.12. The maximum atomic E-state index is 4.94. The molecule has 7 rings (SSSR count). The fourth-order valence-corrected chi connectivity index (χ4v) is 4.79. The molecule has 0 aliphatic heterocycles. The minimum absolute atomic E-state index is 0.795. The predicted molar refractivity (Wildman–Crippen MR) is 154 cm³/mol. The highest BCUT2D eigenvalue weighted by atomic mass is 15.0. The summed E-state index contributed by atoms with van der Waals surface area (Å²) in [5.74, 6) is 0. The molecule has 0 radical (unpaired) electrons. The van der Waals surface area contributed by atoms with E-state index >= 15 is 0 Å². The van der Waals surface area contributed by atoms with E-state index in [0.29, 0.717) is 0 Å². The molecule has 6 aromatic heterocycles. The van der Waals surface area contributed by atoms with Gasteiger partial charge in [0, 0.05) is 30.4 Å². The average Bonchev–Trinajstić information content (AvgIpc) is 3.42. The first-order chi connectivity index (χ1) is 19.3. The summed E-state index contributed by atoms with van der Waals surface area (Å²) in [6, 6.07) is 36.3. The molecule has 0 saturated carbocycles. The molecule has 6 nitrogen and oxygen atoms in total. The van der Waals surface area contributed by atoms with Gasteiger partial charge >= 0.3 is 0 Å². The Morgan fingerprint density at radius 2 is 1.05 bits per heavy atom. The van der Waals surface area contributed by atoms with Crippen LogP contribution in [0, 0.1) is 0 Å². The molecule has 6 heterocycles. The number of fused-ring (bicyclic) bond motifs is 1. The van der Waals surface area contributed by atoms with Crippen molar-refractivity contribution < 1.29 is 0 Å². The van der Waals surface area contributed by atoms with Gasteiger partial charge in [0.05, 0.1) is 34.2 Å². The van der Waals surface area contributed by atoms with Crippen LogP contribution in [-0.4, -0.2) is 29.3 Å². The Balaban J connectivity index is 1.42. The standard InChI is InChI=1S/C33H22N6/c1-5-16-34-26(12-1)29-21-25(22-30(37-29)27-13-2-6-17-35-27)23-10-9-11-24(20-23)33-32(28-14-3-7-18-36-28)38-31-15-4-8-19-39(31)33/h1-22H. The van der Waals surface area contributed by atoms with Crippen LogP contribution in [0.25, 0.3) is 62.2 Å². The van der Waals surface area contributed by atoms with Crippen molar-refractivity contribution in [2.24, 2.45) is 0 Å². The van der Waals surface area contributed by atoms with Gasteiger partial charge in [-0.05, 0) is 77.9 Å². The topological polar surface area (TPSA) is 68.9 Å². The minimum atomic E-state index is 0.795. The predicted octanol–water partition coefficient (Wildman–Crippen LogP) is 7.25. The maximum absolute atomic E-state index is 4.94. The number of benzene rings is 1. The molecule has 0 spiro atoms. The lowest BCUT2D eigenvalue weighted by atomic mass is 9.98. The van der Waals surface area contributed by atoms with Crippen molar-refractivity contribution in [2.75, 3.05) is 0 Å². The summed E-state index contributed by atoms with van der Waals surface area (Å²) in [5.41, 5.74) is 9.89. The summed E-state index contributed by atoms with van der Waals surface area (Å²) in [4.78, 5) is 23.6. The second-order valence-electron chi connectivity index (χ2n) is 9.09. The summed E-state index contributed by atoms with van der Waals surface area (Å²) in [6.45, 7) is 0. The third-order valence-corrected chi connectivity index (χ3v) is 6.59.